The van der Waals surface area contributed by atoms with Crippen LogP contribution >= 0.6 is 15.9 Å². The first kappa shape index (κ1) is 29.3. The average Bonchev–Trinajstić information content (AvgIpc) is 2.99. The van der Waals surface area contributed by atoms with Crippen LogP contribution in [0.4, 0.5) is 0 Å². The minimum atomic E-state index is -0.653. The molecule has 0 aromatic heterocycles. The quantitative estimate of drug-likeness (QED) is 0.184. The zero-order chi connectivity index (χ0) is 28.3. The van der Waals surface area contributed by atoms with E-state index < -0.39 is 6.04 Å². The molecule has 0 aliphatic rings. The summed E-state index contributed by atoms with van der Waals surface area (Å²) in [6.45, 7) is 4.39. The van der Waals surface area contributed by atoms with Gasteiger partial charge in [-0.05, 0) is 47.7 Å². The summed E-state index contributed by atoms with van der Waals surface area (Å²) in [4.78, 5) is 30.0. The number of amides is 2. The summed E-state index contributed by atoms with van der Waals surface area (Å²) >= 11 is 3.51. The van der Waals surface area contributed by atoms with Crippen LogP contribution in [0.25, 0.3) is 0 Å². The molecule has 0 unspecified atom stereocenters. The van der Waals surface area contributed by atoms with Gasteiger partial charge in [-0.25, -0.2) is 0 Å². The Morgan fingerprint density at radius 1 is 0.750 bits per heavy atom. The monoisotopic (exact) mass is 596 g/mol. The minimum absolute atomic E-state index is 0.0109. The topological polar surface area (TPSA) is 49.4 Å². The van der Waals surface area contributed by atoms with E-state index in [-0.39, 0.29) is 30.2 Å². The molecular formula is C35H37BrN2O2. The maximum absolute atomic E-state index is 14.4. The van der Waals surface area contributed by atoms with Gasteiger partial charge < -0.3 is 10.2 Å². The number of rotatable bonds is 12. The number of hydrogen-bond donors (Lipinski definition) is 1. The maximum Gasteiger partial charge on any atom is 0.243 e. The first-order chi connectivity index (χ1) is 19.4. The van der Waals surface area contributed by atoms with E-state index in [1.807, 2.05) is 105 Å². The van der Waals surface area contributed by atoms with Crippen LogP contribution in [0, 0.1) is 0 Å². The van der Waals surface area contributed by atoms with Gasteiger partial charge in [0.05, 0.1) is 0 Å². The molecule has 0 aliphatic carbocycles. The number of nitrogens with one attached hydrogen (secondary N) is 1. The molecule has 0 saturated carbocycles. The first-order valence-electron chi connectivity index (χ1n) is 13.9. The molecule has 0 bridgehead atoms. The maximum atomic E-state index is 14.4. The molecule has 2 atom stereocenters. The largest absolute Gasteiger partial charge is 0.352 e. The lowest BCUT2D eigenvalue weighted by atomic mass is 9.87. The summed E-state index contributed by atoms with van der Waals surface area (Å²) in [5, 5.41) is 3.16. The Labute approximate surface area is 246 Å². The Morgan fingerprint density at radius 3 is 1.80 bits per heavy atom. The molecule has 4 nitrogen and oxygen atoms in total. The van der Waals surface area contributed by atoms with Crippen molar-refractivity contribution in [3.63, 3.8) is 0 Å². The van der Waals surface area contributed by atoms with Gasteiger partial charge in [0.15, 0.2) is 0 Å². The fourth-order valence-electron chi connectivity index (χ4n) is 4.87. The second kappa shape index (κ2) is 14.6. The Bertz CT molecular complexity index is 1310. The number of halogens is 1. The van der Waals surface area contributed by atoms with E-state index in [4.69, 9.17) is 0 Å². The highest BCUT2D eigenvalue weighted by atomic mass is 79.9. The molecule has 0 aliphatic heterocycles. The molecule has 4 rings (SSSR count). The van der Waals surface area contributed by atoms with Gasteiger partial charge >= 0.3 is 0 Å². The van der Waals surface area contributed by atoms with Crippen LogP contribution in [0.2, 0.25) is 0 Å². The van der Waals surface area contributed by atoms with Crippen molar-refractivity contribution in [3.05, 3.63) is 142 Å². The van der Waals surface area contributed by atoms with Crippen molar-refractivity contribution in [1.82, 2.24) is 10.2 Å². The van der Waals surface area contributed by atoms with Gasteiger partial charge in [0.2, 0.25) is 11.8 Å². The summed E-state index contributed by atoms with van der Waals surface area (Å²) in [5.41, 5.74) is 4.15. The highest BCUT2D eigenvalue weighted by Crippen LogP contribution is 2.30. The van der Waals surface area contributed by atoms with Crippen molar-refractivity contribution in [1.29, 1.82) is 0 Å². The van der Waals surface area contributed by atoms with Crippen molar-refractivity contribution >= 4 is 27.7 Å². The highest BCUT2D eigenvalue weighted by molar-refractivity contribution is 9.10. The third kappa shape index (κ3) is 8.15. The van der Waals surface area contributed by atoms with Crippen molar-refractivity contribution in [3.8, 4) is 0 Å². The average molecular weight is 598 g/mol. The van der Waals surface area contributed by atoms with E-state index in [9.17, 15) is 9.59 Å². The lowest BCUT2D eigenvalue weighted by molar-refractivity contribution is -0.141. The van der Waals surface area contributed by atoms with Crippen LogP contribution in [-0.2, 0) is 22.6 Å². The summed E-state index contributed by atoms with van der Waals surface area (Å²) in [7, 11) is 0. The second-order valence-electron chi connectivity index (χ2n) is 10.2. The molecule has 2 amide bonds. The summed E-state index contributed by atoms with van der Waals surface area (Å²) in [6.07, 6.45) is 1.51. The standard InChI is InChI=1S/C35H37BrN2O2/c1-3-26(2)37-35(40)33(23-27-13-7-4-8-14-27)38(25-28-19-21-31(36)22-20-28)34(39)24-32(29-15-9-5-10-16-29)30-17-11-6-12-18-30/h4-22,26,32-33H,3,23-25H2,1-2H3,(H,37,40)/t26-,33-/m0/s1. The Hall–Kier alpha value is -3.70. The molecule has 5 heteroatoms. The number of carbonyl (C=O) groups is 2. The SMILES string of the molecule is CC[C@H](C)NC(=O)[C@H](Cc1ccccc1)N(Cc1ccc(Br)cc1)C(=O)CC(c1ccccc1)c1ccccc1. The van der Waals surface area contributed by atoms with Crippen LogP contribution in [-0.4, -0.2) is 28.8 Å². The normalized spacial score (nSPS) is 12.5. The molecule has 0 radical (unpaired) electrons. The number of hydrogen-bond acceptors (Lipinski definition) is 2. The van der Waals surface area contributed by atoms with Crippen molar-refractivity contribution < 1.29 is 9.59 Å². The summed E-state index contributed by atoms with van der Waals surface area (Å²) in [6, 6.07) is 37.5. The van der Waals surface area contributed by atoms with Crippen molar-refractivity contribution in [2.24, 2.45) is 0 Å². The second-order valence-corrected chi connectivity index (χ2v) is 11.2. The van der Waals surface area contributed by atoms with E-state index in [1.165, 1.54) is 0 Å². The fraction of sp³-hybridized carbons (Fsp3) is 0.257. The molecule has 0 spiro atoms. The first-order valence-corrected chi connectivity index (χ1v) is 14.7. The molecule has 0 fully saturated rings. The zero-order valence-electron chi connectivity index (χ0n) is 23.2. The minimum Gasteiger partial charge on any atom is -0.352 e. The third-order valence-corrected chi connectivity index (χ3v) is 7.85. The van der Waals surface area contributed by atoms with E-state index in [1.54, 1.807) is 4.90 Å². The predicted molar refractivity (Wildman–Crippen MR) is 166 cm³/mol. The lowest BCUT2D eigenvalue weighted by Gasteiger charge is -2.33. The molecule has 40 heavy (non-hydrogen) atoms. The van der Waals surface area contributed by atoms with Crippen LogP contribution in [0.1, 0.15) is 54.9 Å². The van der Waals surface area contributed by atoms with Gasteiger partial charge in [-0.3, -0.25) is 9.59 Å². The summed E-state index contributed by atoms with van der Waals surface area (Å²) in [5.74, 6) is -0.308. The van der Waals surface area contributed by atoms with E-state index in [0.29, 0.717) is 13.0 Å². The zero-order valence-corrected chi connectivity index (χ0v) is 24.8. The molecule has 4 aromatic carbocycles. The van der Waals surface area contributed by atoms with Crippen LogP contribution in [0.3, 0.4) is 0 Å². The molecule has 1 N–H and O–H groups in total. The summed E-state index contributed by atoms with van der Waals surface area (Å²) < 4.78 is 0.970. The van der Waals surface area contributed by atoms with E-state index in [2.05, 4.69) is 45.5 Å². The van der Waals surface area contributed by atoms with Gasteiger partial charge in [-0.2, -0.15) is 0 Å². The number of benzene rings is 4. The molecular weight excluding hydrogens is 560 g/mol. The van der Waals surface area contributed by atoms with Crippen LogP contribution in [0.5, 0.6) is 0 Å². The van der Waals surface area contributed by atoms with Gasteiger partial charge in [-0.15, -0.1) is 0 Å². The molecule has 0 heterocycles. The van der Waals surface area contributed by atoms with E-state index in [0.717, 1.165) is 33.1 Å². The Kier molecular flexibility index (Phi) is 10.7. The van der Waals surface area contributed by atoms with Gasteiger partial charge in [0, 0.05) is 35.8 Å². The van der Waals surface area contributed by atoms with Gasteiger partial charge in [-0.1, -0.05) is 126 Å². The van der Waals surface area contributed by atoms with Crippen molar-refractivity contribution in [2.45, 2.75) is 57.7 Å². The van der Waals surface area contributed by atoms with Gasteiger partial charge in [0.1, 0.15) is 6.04 Å². The van der Waals surface area contributed by atoms with Gasteiger partial charge in [0.25, 0.3) is 0 Å². The Morgan fingerprint density at radius 2 is 1.27 bits per heavy atom. The molecule has 0 saturated heterocycles. The number of carbonyl (C=O) groups excluding carboxylic acids is 2. The molecule has 4 aromatic rings. The van der Waals surface area contributed by atoms with Crippen LogP contribution < -0.4 is 5.32 Å². The smallest absolute Gasteiger partial charge is 0.243 e. The van der Waals surface area contributed by atoms with E-state index >= 15 is 0 Å². The lowest BCUT2D eigenvalue weighted by Crippen LogP contribution is -2.52. The Balaban J connectivity index is 1.73. The fourth-order valence-corrected chi connectivity index (χ4v) is 5.14. The van der Waals surface area contributed by atoms with Crippen LogP contribution in [0.15, 0.2) is 120 Å². The number of nitrogens with zero attached hydrogens (tertiary/aromatic N) is 1. The third-order valence-electron chi connectivity index (χ3n) is 7.32. The highest BCUT2D eigenvalue weighted by Gasteiger charge is 2.32. The predicted octanol–water partition coefficient (Wildman–Crippen LogP) is 7.53. The van der Waals surface area contributed by atoms with Crippen molar-refractivity contribution in [2.75, 3.05) is 0 Å². The molecule has 206 valence electrons.